The molecule has 1 amide bonds. The molecule has 9 nitrogen and oxygen atoms in total. The first-order valence-electron chi connectivity index (χ1n) is 8.84. The van der Waals surface area contributed by atoms with Crippen molar-refractivity contribution < 1.29 is 37.2 Å². The minimum Gasteiger partial charge on any atom is -0.468 e. The van der Waals surface area contributed by atoms with Crippen molar-refractivity contribution in [2.24, 2.45) is 0 Å². The second-order valence-corrected chi connectivity index (χ2v) is 8.29. The number of hydrogen-bond acceptors (Lipinski definition) is 8. The molecule has 0 saturated carbocycles. The van der Waals surface area contributed by atoms with E-state index in [4.69, 9.17) is 18.3 Å². The fourth-order valence-corrected chi connectivity index (χ4v) is 3.03. The third kappa shape index (κ3) is 11.7. The molecule has 0 heterocycles. The van der Waals surface area contributed by atoms with E-state index in [1.54, 1.807) is 20.8 Å². The number of carbonyl (C=O) groups is 2. The molecule has 1 unspecified atom stereocenters. The van der Waals surface area contributed by atoms with E-state index in [-0.39, 0.29) is 33.0 Å². The van der Waals surface area contributed by atoms with Gasteiger partial charge in [0.2, 0.25) is 0 Å². The zero-order valence-electron chi connectivity index (χ0n) is 16.4. The molecule has 1 rings (SSSR count). The molecule has 0 aliphatic carbocycles. The molecule has 1 aromatic carbocycles. The summed E-state index contributed by atoms with van der Waals surface area (Å²) in [6, 6.07) is 9.13. The van der Waals surface area contributed by atoms with Gasteiger partial charge in [0.05, 0.1) is 26.4 Å². The maximum Gasteiger partial charge on any atom is 0.475 e. The summed E-state index contributed by atoms with van der Waals surface area (Å²) in [6.07, 6.45) is -0.278. The Bertz CT molecular complexity index is 632. The molecule has 0 aliphatic rings. The van der Waals surface area contributed by atoms with E-state index in [0.29, 0.717) is 12.9 Å². The van der Waals surface area contributed by atoms with E-state index in [1.165, 1.54) is 0 Å². The van der Waals surface area contributed by atoms with Crippen molar-refractivity contribution in [2.75, 3.05) is 26.4 Å². The maximum absolute atomic E-state index is 12.8. The lowest BCUT2D eigenvalue weighted by atomic mass is 10.2. The molecule has 0 saturated heterocycles. The van der Waals surface area contributed by atoms with Gasteiger partial charge in [-0.1, -0.05) is 30.3 Å². The molecule has 0 aromatic heterocycles. The van der Waals surface area contributed by atoms with Crippen molar-refractivity contribution in [3.05, 3.63) is 35.9 Å². The van der Waals surface area contributed by atoms with Gasteiger partial charge in [0.1, 0.15) is 5.60 Å². The third-order valence-electron chi connectivity index (χ3n) is 2.98. The van der Waals surface area contributed by atoms with E-state index in [1.807, 2.05) is 30.3 Å². The average Bonchev–Trinajstić information content (AvgIpc) is 2.63. The van der Waals surface area contributed by atoms with Crippen molar-refractivity contribution >= 4 is 20.4 Å². The second-order valence-electron chi connectivity index (χ2n) is 6.62. The van der Waals surface area contributed by atoms with Crippen LogP contribution in [0.25, 0.3) is 0 Å². The highest BCUT2D eigenvalue weighted by Crippen LogP contribution is 2.50. The number of carbonyl (C=O) groups excluding carboxylic acids is 2. The third-order valence-corrected chi connectivity index (χ3v) is 4.42. The van der Waals surface area contributed by atoms with E-state index in [0.717, 1.165) is 5.56 Å². The first-order valence-corrected chi connectivity index (χ1v) is 10.3. The molecule has 0 aliphatic heterocycles. The SMILES string of the molecule is CC(C)(C)OC(=O)NCCOP(=O)(OCCCOC=O)OCc1ccccc1. The number of alkyl carbamates (subject to hydrolysis) is 1. The highest BCUT2D eigenvalue weighted by atomic mass is 31.2. The van der Waals surface area contributed by atoms with Crippen LogP contribution in [-0.4, -0.2) is 44.5 Å². The summed E-state index contributed by atoms with van der Waals surface area (Å²) in [4.78, 5) is 21.7. The number of phosphoric acid groups is 1. The summed E-state index contributed by atoms with van der Waals surface area (Å²) in [6.45, 7) is 5.69. The molecule has 10 heteroatoms. The van der Waals surface area contributed by atoms with Crippen LogP contribution in [0.15, 0.2) is 30.3 Å². The molecule has 28 heavy (non-hydrogen) atoms. The normalized spacial score (nSPS) is 13.4. The summed E-state index contributed by atoms with van der Waals surface area (Å²) in [5, 5.41) is 2.49. The highest BCUT2D eigenvalue weighted by Gasteiger charge is 2.27. The largest absolute Gasteiger partial charge is 0.475 e. The molecule has 1 aromatic rings. The quantitative estimate of drug-likeness (QED) is 0.295. The minimum atomic E-state index is -3.87. The number of phosphoric ester groups is 1. The van der Waals surface area contributed by atoms with Crippen LogP contribution in [0.5, 0.6) is 0 Å². The molecular formula is C18H28NO8P. The number of ether oxygens (including phenoxy) is 2. The van der Waals surface area contributed by atoms with E-state index in [9.17, 15) is 14.2 Å². The molecule has 1 atom stereocenters. The van der Waals surface area contributed by atoms with Crippen molar-refractivity contribution in [1.82, 2.24) is 5.32 Å². The summed E-state index contributed by atoms with van der Waals surface area (Å²) in [5.41, 5.74) is 0.178. The van der Waals surface area contributed by atoms with E-state index in [2.05, 4.69) is 10.1 Å². The summed E-state index contributed by atoms with van der Waals surface area (Å²) >= 11 is 0. The zero-order valence-corrected chi connectivity index (χ0v) is 17.3. The fraction of sp³-hybridized carbons (Fsp3) is 0.556. The summed E-state index contributed by atoms with van der Waals surface area (Å²) < 4.78 is 38.3. The van der Waals surface area contributed by atoms with E-state index >= 15 is 0 Å². The molecule has 0 spiro atoms. The number of nitrogens with one attached hydrogen (secondary N) is 1. The second kappa shape index (κ2) is 12.5. The van der Waals surface area contributed by atoms with Crippen LogP contribution < -0.4 is 5.32 Å². The van der Waals surface area contributed by atoms with Gasteiger partial charge in [-0.3, -0.25) is 18.4 Å². The average molecular weight is 417 g/mol. The summed E-state index contributed by atoms with van der Waals surface area (Å²) in [5.74, 6) is 0. The van der Waals surface area contributed by atoms with Gasteiger partial charge in [0.15, 0.2) is 0 Å². The van der Waals surface area contributed by atoms with Crippen molar-refractivity contribution in [3.63, 3.8) is 0 Å². The highest BCUT2D eigenvalue weighted by molar-refractivity contribution is 7.48. The van der Waals surface area contributed by atoms with Gasteiger partial charge < -0.3 is 14.8 Å². The lowest BCUT2D eigenvalue weighted by molar-refractivity contribution is -0.128. The van der Waals surface area contributed by atoms with Gasteiger partial charge in [-0.25, -0.2) is 9.36 Å². The summed E-state index contributed by atoms with van der Waals surface area (Å²) in [7, 11) is -3.87. The molecule has 0 radical (unpaired) electrons. The Morgan fingerprint density at radius 3 is 2.39 bits per heavy atom. The van der Waals surface area contributed by atoms with Crippen LogP contribution in [0.4, 0.5) is 4.79 Å². The Kier molecular flexibility index (Phi) is 10.8. The van der Waals surface area contributed by atoms with Gasteiger partial charge >= 0.3 is 13.9 Å². The van der Waals surface area contributed by atoms with Gasteiger partial charge in [-0.15, -0.1) is 0 Å². The smallest absolute Gasteiger partial charge is 0.468 e. The zero-order chi connectivity index (χ0) is 20.9. The maximum atomic E-state index is 12.8. The molecule has 158 valence electrons. The Morgan fingerprint density at radius 1 is 1.07 bits per heavy atom. The van der Waals surface area contributed by atoms with Crippen LogP contribution in [0, 0.1) is 0 Å². The first-order chi connectivity index (χ1) is 13.2. The van der Waals surface area contributed by atoms with Crippen LogP contribution in [0.3, 0.4) is 0 Å². The molecule has 0 fully saturated rings. The minimum absolute atomic E-state index is 0.0133. The number of hydrogen-bond donors (Lipinski definition) is 1. The molecule has 1 N–H and O–H groups in total. The number of amides is 1. The van der Waals surface area contributed by atoms with Crippen LogP contribution in [0.2, 0.25) is 0 Å². The first kappa shape index (κ1) is 24.1. The lowest BCUT2D eigenvalue weighted by Gasteiger charge is -2.20. The Balaban J connectivity index is 2.48. The van der Waals surface area contributed by atoms with Crippen LogP contribution >= 0.6 is 7.82 Å². The topological polar surface area (TPSA) is 109 Å². The Labute approximate surface area is 165 Å². The van der Waals surface area contributed by atoms with E-state index < -0.39 is 19.5 Å². The predicted molar refractivity (Wildman–Crippen MR) is 102 cm³/mol. The van der Waals surface area contributed by atoms with Gasteiger partial charge in [0, 0.05) is 13.0 Å². The van der Waals surface area contributed by atoms with Gasteiger partial charge in [0.25, 0.3) is 6.47 Å². The Morgan fingerprint density at radius 2 is 1.75 bits per heavy atom. The predicted octanol–water partition coefficient (Wildman–Crippen LogP) is 3.43. The van der Waals surface area contributed by atoms with Crippen LogP contribution in [0.1, 0.15) is 32.8 Å². The van der Waals surface area contributed by atoms with Gasteiger partial charge in [-0.05, 0) is 26.3 Å². The van der Waals surface area contributed by atoms with Gasteiger partial charge in [-0.2, -0.15) is 0 Å². The fourth-order valence-electron chi connectivity index (χ4n) is 1.83. The Hall–Kier alpha value is -1.93. The number of rotatable bonds is 13. The molecule has 0 bridgehead atoms. The van der Waals surface area contributed by atoms with Crippen molar-refractivity contribution in [1.29, 1.82) is 0 Å². The number of benzene rings is 1. The van der Waals surface area contributed by atoms with Crippen molar-refractivity contribution in [3.8, 4) is 0 Å². The lowest BCUT2D eigenvalue weighted by Crippen LogP contribution is -2.34. The van der Waals surface area contributed by atoms with Crippen LogP contribution in [-0.2, 0) is 39.0 Å². The molecular weight excluding hydrogens is 389 g/mol. The van der Waals surface area contributed by atoms with Crippen molar-refractivity contribution in [2.45, 2.75) is 39.4 Å². The standard InChI is InChI=1S/C18H28NO8P/c1-18(2,3)27-17(21)19-10-13-25-28(22,24-12-7-11-23-15-20)26-14-16-8-5-4-6-9-16/h4-6,8-9,15H,7,10-14H2,1-3H3,(H,19,21). The monoisotopic (exact) mass is 417 g/mol.